The van der Waals surface area contributed by atoms with E-state index in [0.29, 0.717) is 12.0 Å². The molecule has 0 amide bonds. The van der Waals surface area contributed by atoms with Crippen molar-refractivity contribution < 1.29 is 0 Å². The predicted octanol–water partition coefficient (Wildman–Crippen LogP) is 3.66. The smallest absolute Gasteiger partial charge is 0.0548 e. The van der Waals surface area contributed by atoms with Crippen LogP contribution in [0.5, 0.6) is 0 Å². The van der Waals surface area contributed by atoms with Crippen molar-refractivity contribution in [2.45, 2.75) is 31.8 Å². The van der Waals surface area contributed by atoms with Gasteiger partial charge in [-0.2, -0.15) is 0 Å². The minimum Gasteiger partial charge on any atom is -0.327 e. The molecule has 3 unspecified atom stereocenters. The largest absolute Gasteiger partial charge is 0.327 e. The van der Waals surface area contributed by atoms with Crippen molar-refractivity contribution in [3.63, 3.8) is 0 Å². The molecule has 4 heteroatoms. The Kier molecular flexibility index (Phi) is 4.18. The summed E-state index contributed by atoms with van der Waals surface area (Å²) < 4.78 is 0.986. The lowest BCUT2D eigenvalue weighted by molar-refractivity contribution is 0.259. The molecule has 0 aromatic heterocycles. The molecule has 2 aliphatic rings. The summed E-state index contributed by atoms with van der Waals surface area (Å²) in [6, 6.07) is 6.63. The Bertz CT molecular complexity index is 465. The number of hydrogen-bond acceptors (Lipinski definition) is 2. The highest BCUT2D eigenvalue weighted by molar-refractivity contribution is 9.10. The molecule has 2 N–H and O–H groups in total. The highest BCUT2D eigenvalue weighted by atomic mass is 79.9. The Morgan fingerprint density at radius 2 is 2.16 bits per heavy atom. The zero-order valence-corrected chi connectivity index (χ0v) is 13.3. The summed E-state index contributed by atoms with van der Waals surface area (Å²) in [5.74, 6) is 1.53. The molecule has 3 rings (SSSR count). The van der Waals surface area contributed by atoms with Crippen LogP contribution in [0.2, 0.25) is 5.02 Å². The molecule has 1 saturated heterocycles. The van der Waals surface area contributed by atoms with E-state index in [-0.39, 0.29) is 0 Å². The summed E-state index contributed by atoms with van der Waals surface area (Å²) in [5.41, 5.74) is 7.59. The first-order valence-corrected chi connectivity index (χ1v) is 8.22. The van der Waals surface area contributed by atoms with Crippen LogP contribution < -0.4 is 5.73 Å². The number of benzene rings is 1. The number of hydrogen-bond donors (Lipinski definition) is 1. The maximum absolute atomic E-state index is 6.27. The average molecular weight is 344 g/mol. The van der Waals surface area contributed by atoms with Crippen molar-refractivity contribution in [3.8, 4) is 0 Å². The Balaban J connectivity index is 1.66. The van der Waals surface area contributed by atoms with E-state index in [1.54, 1.807) is 0 Å². The lowest BCUT2D eigenvalue weighted by Gasteiger charge is -2.29. The average Bonchev–Trinajstić information content (AvgIpc) is 2.78. The number of halogens is 2. The summed E-state index contributed by atoms with van der Waals surface area (Å²) in [7, 11) is 0. The first-order chi connectivity index (χ1) is 9.13. The second-order valence-corrected chi connectivity index (χ2v) is 7.22. The van der Waals surface area contributed by atoms with Crippen molar-refractivity contribution in [3.05, 3.63) is 33.3 Å². The molecule has 1 aromatic rings. The summed E-state index contributed by atoms with van der Waals surface area (Å²) >= 11 is 9.53. The lowest BCUT2D eigenvalue weighted by atomic mass is 9.78. The lowest BCUT2D eigenvalue weighted by Crippen LogP contribution is -2.38. The summed E-state index contributed by atoms with van der Waals surface area (Å²) in [6.07, 6.45) is 3.88. The Labute approximate surface area is 128 Å². The van der Waals surface area contributed by atoms with Gasteiger partial charge in [-0.15, -0.1) is 0 Å². The molecule has 0 bridgehead atoms. The van der Waals surface area contributed by atoms with Crippen LogP contribution in [0.15, 0.2) is 22.7 Å². The Morgan fingerprint density at radius 3 is 2.89 bits per heavy atom. The second-order valence-electron chi connectivity index (χ2n) is 5.96. The normalized spacial score (nSPS) is 31.4. The summed E-state index contributed by atoms with van der Waals surface area (Å²) in [4.78, 5) is 2.55. The third-order valence-electron chi connectivity index (χ3n) is 4.62. The zero-order chi connectivity index (χ0) is 13.4. The van der Waals surface area contributed by atoms with Gasteiger partial charge in [0, 0.05) is 30.1 Å². The van der Waals surface area contributed by atoms with E-state index in [2.05, 4.69) is 33.0 Å². The monoisotopic (exact) mass is 342 g/mol. The summed E-state index contributed by atoms with van der Waals surface area (Å²) in [5, 5.41) is 0.779. The molecular weight excluding hydrogens is 324 g/mol. The molecule has 104 valence electrons. The fraction of sp³-hybridized carbons (Fsp3) is 0.600. The quantitative estimate of drug-likeness (QED) is 0.888. The fourth-order valence-electron chi connectivity index (χ4n) is 3.63. The third-order valence-corrected chi connectivity index (χ3v) is 5.83. The molecule has 2 nitrogen and oxygen atoms in total. The maximum atomic E-state index is 6.27. The van der Waals surface area contributed by atoms with Gasteiger partial charge in [-0.3, -0.25) is 4.90 Å². The van der Waals surface area contributed by atoms with Crippen LogP contribution in [0.25, 0.3) is 0 Å². The number of nitrogens with two attached hydrogens (primary N) is 1. The van der Waals surface area contributed by atoms with E-state index >= 15 is 0 Å². The second kappa shape index (κ2) is 5.72. The fourth-order valence-corrected chi connectivity index (χ4v) is 4.18. The van der Waals surface area contributed by atoms with Gasteiger partial charge in [0.1, 0.15) is 0 Å². The van der Waals surface area contributed by atoms with Crippen LogP contribution in [-0.2, 0) is 6.54 Å². The number of likely N-dealkylation sites (tertiary alicyclic amines) is 1. The first kappa shape index (κ1) is 13.9. The van der Waals surface area contributed by atoms with Crippen molar-refractivity contribution in [1.82, 2.24) is 4.90 Å². The van der Waals surface area contributed by atoms with Crippen LogP contribution >= 0.6 is 27.5 Å². The molecule has 1 aromatic carbocycles. The van der Waals surface area contributed by atoms with E-state index in [1.165, 1.54) is 31.4 Å². The van der Waals surface area contributed by atoms with E-state index in [4.69, 9.17) is 17.3 Å². The first-order valence-electron chi connectivity index (χ1n) is 7.05. The minimum absolute atomic E-state index is 0.417. The van der Waals surface area contributed by atoms with Gasteiger partial charge in [0.05, 0.1) is 5.02 Å². The molecule has 0 spiro atoms. The van der Waals surface area contributed by atoms with Crippen molar-refractivity contribution in [2.24, 2.45) is 17.6 Å². The van der Waals surface area contributed by atoms with Crippen LogP contribution in [0.4, 0.5) is 0 Å². The Hall–Kier alpha value is -0.0900. The molecule has 0 radical (unpaired) electrons. The molecular formula is C15H20BrClN2. The summed E-state index contributed by atoms with van der Waals surface area (Å²) in [6.45, 7) is 3.38. The van der Waals surface area contributed by atoms with E-state index < -0.39 is 0 Å². The van der Waals surface area contributed by atoms with Gasteiger partial charge in [0.25, 0.3) is 0 Å². The van der Waals surface area contributed by atoms with Crippen LogP contribution in [0.1, 0.15) is 24.8 Å². The molecule has 1 heterocycles. The standard InChI is InChI=1S/C15H20BrClN2/c16-13-6-10(4-5-14(13)17)7-19-8-11-2-1-3-15(18)12(11)9-19/h4-6,11-12,15H,1-3,7-9,18H2. The number of nitrogens with zero attached hydrogens (tertiary/aromatic N) is 1. The van der Waals surface area contributed by atoms with Gasteiger partial charge in [-0.25, -0.2) is 0 Å². The highest BCUT2D eigenvalue weighted by Gasteiger charge is 2.38. The van der Waals surface area contributed by atoms with Gasteiger partial charge in [0.2, 0.25) is 0 Å². The maximum Gasteiger partial charge on any atom is 0.0548 e. The van der Waals surface area contributed by atoms with E-state index in [0.717, 1.165) is 28.5 Å². The van der Waals surface area contributed by atoms with Crippen molar-refractivity contribution in [1.29, 1.82) is 0 Å². The highest BCUT2D eigenvalue weighted by Crippen LogP contribution is 2.36. The van der Waals surface area contributed by atoms with Crippen LogP contribution in [-0.4, -0.2) is 24.0 Å². The van der Waals surface area contributed by atoms with Gasteiger partial charge in [0.15, 0.2) is 0 Å². The van der Waals surface area contributed by atoms with Crippen molar-refractivity contribution >= 4 is 27.5 Å². The van der Waals surface area contributed by atoms with Crippen LogP contribution in [0, 0.1) is 11.8 Å². The number of rotatable bonds is 2. The topological polar surface area (TPSA) is 29.3 Å². The van der Waals surface area contributed by atoms with Gasteiger partial charge in [-0.1, -0.05) is 24.1 Å². The molecule has 3 atom stereocenters. The van der Waals surface area contributed by atoms with Gasteiger partial charge < -0.3 is 5.73 Å². The van der Waals surface area contributed by atoms with Crippen molar-refractivity contribution in [2.75, 3.05) is 13.1 Å². The SMILES string of the molecule is NC1CCCC2CN(Cc3ccc(Cl)c(Br)c3)CC12. The molecule has 1 aliphatic heterocycles. The molecule has 1 saturated carbocycles. The zero-order valence-electron chi connectivity index (χ0n) is 11.0. The van der Waals surface area contributed by atoms with Crippen LogP contribution in [0.3, 0.4) is 0 Å². The number of fused-ring (bicyclic) bond motifs is 1. The molecule has 1 aliphatic carbocycles. The third kappa shape index (κ3) is 2.99. The molecule has 19 heavy (non-hydrogen) atoms. The Morgan fingerprint density at radius 1 is 1.32 bits per heavy atom. The predicted molar refractivity (Wildman–Crippen MR) is 83.2 cm³/mol. The van der Waals surface area contributed by atoms with Gasteiger partial charge in [-0.05, 0) is 58.3 Å². The molecule has 2 fully saturated rings. The minimum atomic E-state index is 0.417. The van der Waals surface area contributed by atoms with Gasteiger partial charge >= 0.3 is 0 Å². The van der Waals surface area contributed by atoms with E-state index in [1.807, 2.05) is 6.07 Å². The van der Waals surface area contributed by atoms with E-state index in [9.17, 15) is 0 Å².